The van der Waals surface area contributed by atoms with Crippen LogP contribution in [0.2, 0.25) is 0 Å². The smallest absolute Gasteiger partial charge is 0.242 e. The molecular weight excluding hydrogens is 288 g/mol. The summed E-state index contributed by atoms with van der Waals surface area (Å²) in [5.41, 5.74) is 2.56. The van der Waals surface area contributed by atoms with E-state index in [1.807, 2.05) is 15.9 Å². The molecule has 0 N–H and O–H groups in total. The summed E-state index contributed by atoms with van der Waals surface area (Å²) in [5.74, 6) is 0.461. The first-order valence-corrected chi connectivity index (χ1v) is 8.90. The van der Waals surface area contributed by atoms with Gasteiger partial charge in [0, 0.05) is 19.0 Å². The minimum absolute atomic E-state index is 0.0498. The number of piperazine rings is 1. The number of hydrogen-bond donors (Lipinski definition) is 0. The molecule has 3 aliphatic rings. The van der Waals surface area contributed by atoms with E-state index in [2.05, 4.69) is 18.2 Å². The fraction of sp³-hybridized carbons (Fsp3) is 0.579. The highest BCUT2D eigenvalue weighted by molar-refractivity contribution is 5.87. The number of carbonyl (C=O) groups is 2. The zero-order valence-corrected chi connectivity index (χ0v) is 13.5. The fourth-order valence-corrected chi connectivity index (χ4v) is 4.45. The van der Waals surface area contributed by atoms with Crippen LogP contribution in [-0.4, -0.2) is 41.2 Å². The van der Waals surface area contributed by atoms with Crippen molar-refractivity contribution in [1.82, 2.24) is 9.80 Å². The van der Waals surface area contributed by atoms with Crippen LogP contribution in [0.3, 0.4) is 0 Å². The highest BCUT2D eigenvalue weighted by Crippen LogP contribution is 2.34. The van der Waals surface area contributed by atoms with Crippen LogP contribution < -0.4 is 0 Å². The van der Waals surface area contributed by atoms with Gasteiger partial charge in [0.1, 0.15) is 0 Å². The molecule has 4 heteroatoms. The zero-order valence-electron chi connectivity index (χ0n) is 13.5. The molecule has 1 aromatic carbocycles. The van der Waals surface area contributed by atoms with Crippen LogP contribution in [0.5, 0.6) is 0 Å². The van der Waals surface area contributed by atoms with Crippen LogP contribution >= 0.6 is 0 Å². The first kappa shape index (κ1) is 14.7. The number of hydrogen-bond acceptors (Lipinski definition) is 2. The van der Waals surface area contributed by atoms with E-state index in [0.717, 1.165) is 38.6 Å². The van der Waals surface area contributed by atoms with Crippen LogP contribution in [0.4, 0.5) is 0 Å². The normalized spacial score (nSPS) is 25.0. The summed E-state index contributed by atoms with van der Waals surface area (Å²) in [5, 5.41) is 0. The van der Waals surface area contributed by atoms with Gasteiger partial charge in [0.05, 0.1) is 12.6 Å². The lowest BCUT2D eigenvalue weighted by Crippen LogP contribution is -2.56. The molecule has 1 saturated heterocycles. The van der Waals surface area contributed by atoms with Crippen molar-refractivity contribution >= 4 is 11.8 Å². The van der Waals surface area contributed by atoms with E-state index >= 15 is 0 Å². The van der Waals surface area contributed by atoms with Crippen molar-refractivity contribution in [2.24, 2.45) is 5.92 Å². The molecule has 0 aromatic heterocycles. The summed E-state index contributed by atoms with van der Waals surface area (Å²) in [6, 6.07) is 8.42. The largest absolute Gasteiger partial charge is 0.332 e. The minimum Gasteiger partial charge on any atom is -0.332 e. The van der Waals surface area contributed by atoms with E-state index < -0.39 is 0 Å². The summed E-state index contributed by atoms with van der Waals surface area (Å²) in [4.78, 5) is 29.2. The summed E-state index contributed by atoms with van der Waals surface area (Å²) in [6.45, 7) is 1.72. The number of nitrogens with zero attached hydrogens (tertiary/aromatic N) is 2. The number of benzene rings is 1. The Labute approximate surface area is 137 Å². The van der Waals surface area contributed by atoms with Crippen LogP contribution in [-0.2, 0) is 16.0 Å². The molecule has 4 nitrogen and oxygen atoms in total. The van der Waals surface area contributed by atoms with E-state index in [1.54, 1.807) is 0 Å². The van der Waals surface area contributed by atoms with Crippen molar-refractivity contribution in [2.45, 2.75) is 44.6 Å². The van der Waals surface area contributed by atoms with E-state index in [0.29, 0.717) is 6.54 Å². The van der Waals surface area contributed by atoms with Crippen molar-refractivity contribution < 1.29 is 9.59 Å². The van der Waals surface area contributed by atoms with Gasteiger partial charge in [-0.05, 0) is 30.4 Å². The molecule has 1 atom stereocenters. The second kappa shape index (κ2) is 5.99. The third-order valence-corrected chi connectivity index (χ3v) is 5.72. The summed E-state index contributed by atoms with van der Waals surface area (Å²) >= 11 is 0. The predicted octanol–water partition coefficient (Wildman–Crippen LogP) is 2.53. The highest BCUT2D eigenvalue weighted by Gasteiger charge is 2.39. The molecule has 2 heterocycles. The summed E-state index contributed by atoms with van der Waals surface area (Å²) in [7, 11) is 0. The maximum absolute atomic E-state index is 12.8. The van der Waals surface area contributed by atoms with Gasteiger partial charge in [0.2, 0.25) is 11.8 Å². The zero-order chi connectivity index (χ0) is 15.8. The van der Waals surface area contributed by atoms with Crippen molar-refractivity contribution in [2.75, 3.05) is 19.6 Å². The number of carbonyl (C=O) groups excluding carboxylic acids is 2. The molecule has 2 aliphatic heterocycles. The number of rotatable bonds is 1. The lowest BCUT2D eigenvalue weighted by Gasteiger charge is -2.45. The molecule has 0 bridgehead atoms. The standard InChI is InChI=1S/C19H24N2O2/c22-18-13-20(19(23)15-7-2-1-3-8-15)12-17-16-9-5-4-6-14(16)10-11-21(17)18/h4-6,9,15,17H,1-3,7-8,10-13H2/t17-/m0/s1. The Kier molecular flexibility index (Phi) is 3.83. The number of fused-ring (bicyclic) bond motifs is 3. The molecule has 4 rings (SSSR count). The molecule has 2 fully saturated rings. The van der Waals surface area contributed by atoms with Crippen LogP contribution in [0.25, 0.3) is 0 Å². The maximum atomic E-state index is 12.8. The highest BCUT2D eigenvalue weighted by atomic mass is 16.2. The van der Waals surface area contributed by atoms with Crippen LogP contribution in [0.15, 0.2) is 24.3 Å². The fourth-order valence-electron chi connectivity index (χ4n) is 4.45. The van der Waals surface area contributed by atoms with Crippen molar-refractivity contribution in [3.8, 4) is 0 Å². The molecule has 0 unspecified atom stereocenters. The van der Waals surface area contributed by atoms with Crippen LogP contribution in [0.1, 0.15) is 49.3 Å². The summed E-state index contributed by atoms with van der Waals surface area (Å²) < 4.78 is 0. The van der Waals surface area contributed by atoms with Gasteiger partial charge in [-0.3, -0.25) is 9.59 Å². The van der Waals surface area contributed by atoms with E-state index in [9.17, 15) is 9.59 Å². The first-order valence-electron chi connectivity index (χ1n) is 8.90. The Balaban J connectivity index is 1.57. The molecule has 2 amide bonds. The third kappa shape index (κ3) is 2.64. The Morgan fingerprint density at radius 1 is 1.09 bits per heavy atom. The van der Waals surface area contributed by atoms with Crippen molar-refractivity contribution in [3.63, 3.8) is 0 Å². The van der Waals surface area contributed by atoms with Gasteiger partial charge < -0.3 is 9.80 Å². The monoisotopic (exact) mass is 312 g/mol. The first-order chi connectivity index (χ1) is 11.2. The Morgan fingerprint density at radius 3 is 2.70 bits per heavy atom. The van der Waals surface area contributed by atoms with Gasteiger partial charge in [-0.25, -0.2) is 0 Å². The lowest BCUT2D eigenvalue weighted by molar-refractivity contribution is -0.152. The van der Waals surface area contributed by atoms with E-state index in [4.69, 9.17) is 0 Å². The average Bonchev–Trinajstić information content (AvgIpc) is 2.61. The second-order valence-electron chi connectivity index (χ2n) is 7.11. The third-order valence-electron chi connectivity index (χ3n) is 5.72. The summed E-state index contributed by atoms with van der Waals surface area (Å²) in [6.07, 6.45) is 6.46. The molecule has 0 radical (unpaired) electrons. The van der Waals surface area contributed by atoms with Gasteiger partial charge in [0.25, 0.3) is 0 Å². The second-order valence-corrected chi connectivity index (χ2v) is 7.11. The minimum atomic E-state index is 0.0498. The van der Waals surface area contributed by atoms with Gasteiger partial charge in [-0.15, -0.1) is 0 Å². The molecule has 0 spiro atoms. The molecule has 1 aromatic rings. The predicted molar refractivity (Wildman–Crippen MR) is 87.8 cm³/mol. The van der Waals surface area contributed by atoms with E-state index in [-0.39, 0.29) is 30.3 Å². The van der Waals surface area contributed by atoms with Gasteiger partial charge in [0.15, 0.2) is 0 Å². The topological polar surface area (TPSA) is 40.6 Å². The quantitative estimate of drug-likeness (QED) is 0.799. The lowest BCUT2D eigenvalue weighted by atomic mass is 9.87. The van der Waals surface area contributed by atoms with Gasteiger partial charge >= 0.3 is 0 Å². The maximum Gasteiger partial charge on any atom is 0.242 e. The Bertz CT molecular complexity index is 622. The molecule has 1 aliphatic carbocycles. The number of amides is 2. The van der Waals surface area contributed by atoms with Crippen molar-refractivity contribution in [1.29, 1.82) is 0 Å². The Hall–Kier alpha value is -1.84. The Morgan fingerprint density at radius 2 is 1.87 bits per heavy atom. The molecule has 122 valence electrons. The van der Waals surface area contributed by atoms with Gasteiger partial charge in [-0.2, -0.15) is 0 Å². The van der Waals surface area contributed by atoms with Gasteiger partial charge in [-0.1, -0.05) is 43.5 Å². The van der Waals surface area contributed by atoms with Crippen LogP contribution in [0, 0.1) is 5.92 Å². The molecule has 1 saturated carbocycles. The SMILES string of the molecule is O=C(C1CCCCC1)N1CC(=O)N2CCc3ccccc3[C@@H]2C1. The molecular formula is C19H24N2O2. The van der Waals surface area contributed by atoms with Crippen molar-refractivity contribution in [3.05, 3.63) is 35.4 Å². The van der Waals surface area contributed by atoms with E-state index in [1.165, 1.54) is 17.5 Å². The average molecular weight is 312 g/mol. The molecule has 23 heavy (non-hydrogen) atoms.